The Morgan fingerprint density at radius 2 is 2.08 bits per heavy atom. The first-order valence-electron chi connectivity index (χ1n) is 3.76. The molecule has 0 radical (unpaired) electrons. The number of benzene rings is 1. The lowest BCUT2D eigenvalue weighted by molar-refractivity contribution is 0.275. The summed E-state index contributed by atoms with van der Waals surface area (Å²) in [5.74, 6) is -0.410. The van der Waals surface area contributed by atoms with Gasteiger partial charge >= 0.3 is 0 Å². The van der Waals surface area contributed by atoms with Crippen molar-refractivity contribution in [3.63, 3.8) is 0 Å². The van der Waals surface area contributed by atoms with Gasteiger partial charge in [-0.25, -0.2) is 0 Å². The van der Waals surface area contributed by atoms with E-state index in [0.29, 0.717) is 5.56 Å². The van der Waals surface area contributed by atoms with Crippen molar-refractivity contribution >= 4 is 21.4 Å². The van der Waals surface area contributed by atoms with E-state index in [-0.39, 0.29) is 18.1 Å². The summed E-state index contributed by atoms with van der Waals surface area (Å²) in [6.07, 6.45) is 0. The van der Waals surface area contributed by atoms with Gasteiger partial charge in [-0.2, -0.15) is 0 Å². The third kappa shape index (κ3) is 1.15. The number of hydrogen-bond acceptors (Lipinski definition) is 4. The van der Waals surface area contributed by atoms with Gasteiger partial charge in [-0.1, -0.05) is 0 Å². The second kappa shape index (κ2) is 2.90. The van der Waals surface area contributed by atoms with Gasteiger partial charge in [-0.3, -0.25) is 0 Å². The van der Waals surface area contributed by atoms with Gasteiger partial charge in [0.25, 0.3) is 0 Å². The largest absolute Gasteiger partial charge is 0.504 e. The van der Waals surface area contributed by atoms with E-state index in [1.54, 1.807) is 0 Å². The van der Waals surface area contributed by atoms with Crippen LogP contribution in [0, 0.1) is 0 Å². The van der Waals surface area contributed by atoms with Gasteiger partial charge in [-0.05, 0) is 11.4 Å². The zero-order valence-corrected chi connectivity index (χ0v) is 7.51. The second-order valence-electron chi connectivity index (χ2n) is 2.71. The molecule has 0 aliphatic carbocycles. The van der Waals surface area contributed by atoms with E-state index < -0.39 is 0 Å². The highest BCUT2D eigenvalue weighted by molar-refractivity contribution is 7.17. The molecule has 68 valence electrons. The number of aliphatic hydroxyl groups is 1. The third-order valence-electron chi connectivity index (χ3n) is 1.97. The molecule has 0 unspecified atom stereocenters. The first-order valence-corrected chi connectivity index (χ1v) is 4.64. The molecular weight excluding hydrogens is 188 g/mol. The Morgan fingerprint density at radius 1 is 1.31 bits per heavy atom. The fourth-order valence-corrected chi connectivity index (χ4v) is 2.17. The number of hydrogen-bond donors (Lipinski definition) is 3. The first kappa shape index (κ1) is 8.34. The molecule has 0 atom stereocenters. The van der Waals surface area contributed by atoms with Gasteiger partial charge in [0.1, 0.15) is 0 Å². The maximum atomic E-state index is 9.41. The quantitative estimate of drug-likeness (QED) is 0.609. The van der Waals surface area contributed by atoms with Crippen LogP contribution in [-0.4, -0.2) is 15.3 Å². The Bertz CT molecular complexity index is 447. The molecule has 2 aromatic rings. The smallest absolute Gasteiger partial charge is 0.163 e. The van der Waals surface area contributed by atoms with Crippen LogP contribution in [0.25, 0.3) is 10.1 Å². The molecule has 0 saturated heterocycles. The number of phenolic OH excluding ortho intramolecular Hbond substituents is 1. The Kier molecular flexibility index (Phi) is 1.86. The maximum absolute atomic E-state index is 9.41. The number of rotatable bonds is 1. The van der Waals surface area contributed by atoms with Crippen LogP contribution >= 0.6 is 11.3 Å². The van der Waals surface area contributed by atoms with Crippen molar-refractivity contribution in [2.45, 2.75) is 6.61 Å². The average Bonchev–Trinajstić information content (AvgIpc) is 2.54. The SMILES string of the molecule is OCc1c(O)c(O)cc2sccc12. The molecule has 0 saturated carbocycles. The van der Waals surface area contributed by atoms with Gasteiger partial charge in [0.2, 0.25) is 0 Å². The number of thiophene rings is 1. The van der Waals surface area contributed by atoms with E-state index in [1.807, 2.05) is 11.4 Å². The van der Waals surface area contributed by atoms with E-state index in [4.69, 9.17) is 5.11 Å². The molecule has 0 aliphatic heterocycles. The second-order valence-corrected chi connectivity index (χ2v) is 3.66. The van der Waals surface area contributed by atoms with Crippen LogP contribution in [0.5, 0.6) is 11.5 Å². The van der Waals surface area contributed by atoms with Crippen molar-refractivity contribution in [2.24, 2.45) is 0 Å². The highest BCUT2D eigenvalue weighted by Crippen LogP contribution is 2.37. The van der Waals surface area contributed by atoms with E-state index >= 15 is 0 Å². The van der Waals surface area contributed by atoms with Gasteiger partial charge in [-0.15, -0.1) is 11.3 Å². The number of aromatic hydroxyl groups is 2. The zero-order valence-electron chi connectivity index (χ0n) is 6.69. The fourth-order valence-electron chi connectivity index (χ4n) is 1.32. The lowest BCUT2D eigenvalue weighted by Crippen LogP contribution is -1.85. The van der Waals surface area contributed by atoms with E-state index in [9.17, 15) is 10.2 Å². The topological polar surface area (TPSA) is 60.7 Å². The molecule has 3 nitrogen and oxygen atoms in total. The molecule has 0 amide bonds. The summed E-state index contributed by atoms with van der Waals surface area (Å²) < 4.78 is 0.861. The standard InChI is InChI=1S/C9H8O3S/c10-4-6-5-1-2-13-8(5)3-7(11)9(6)12/h1-3,10-12H,4H2. The molecule has 0 aliphatic rings. The monoisotopic (exact) mass is 196 g/mol. The van der Waals surface area contributed by atoms with E-state index in [2.05, 4.69) is 0 Å². The lowest BCUT2D eigenvalue weighted by atomic mass is 10.1. The minimum absolute atomic E-state index is 0.181. The number of phenols is 2. The summed E-state index contributed by atoms with van der Waals surface area (Å²) in [5.41, 5.74) is 0.385. The Balaban J connectivity index is 2.87. The molecule has 0 spiro atoms. The van der Waals surface area contributed by atoms with E-state index in [1.165, 1.54) is 17.4 Å². The molecule has 0 fully saturated rings. The molecule has 1 heterocycles. The summed E-state index contributed by atoms with van der Waals surface area (Å²) in [4.78, 5) is 0. The molecule has 0 bridgehead atoms. The minimum atomic E-state index is -0.270. The normalized spacial score (nSPS) is 10.8. The summed E-state index contributed by atoms with van der Waals surface area (Å²) in [6.45, 7) is -0.270. The van der Waals surface area contributed by atoms with Crippen LogP contribution in [0.4, 0.5) is 0 Å². The molecule has 1 aromatic carbocycles. The highest BCUT2D eigenvalue weighted by Gasteiger charge is 2.11. The van der Waals surface area contributed by atoms with Crippen LogP contribution in [-0.2, 0) is 6.61 Å². The van der Waals surface area contributed by atoms with Crippen molar-refractivity contribution in [3.05, 3.63) is 23.1 Å². The van der Waals surface area contributed by atoms with Crippen molar-refractivity contribution in [2.75, 3.05) is 0 Å². The van der Waals surface area contributed by atoms with E-state index in [0.717, 1.165) is 10.1 Å². The zero-order chi connectivity index (χ0) is 9.42. The van der Waals surface area contributed by atoms with Crippen molar-refractivity contribution < 1.29 is 15.3 Å². The van der Waals surface area contributed by atoms with Crippen LogP contribution in [0.15, 0.2) is 17.5 Å². The van der Waals surface area contributed by atoms with Crippen molar-refractivity contribution in [1.82, 2.24) is 0 Å². The molecule has 2 rings (SSSR count). The number of fused-ring (bicyclic) bond motifs is 1. The van der Waals surface area contributed by atoms with Crippen LogP contribution in [0.3, 0.4) is 0 Å². The minimum Gasteiger partial charge on any atom is -0.504 e. The van der Waals surface area contributed by atoms with Gasteiger partial charge in [0.15, 0.2) is 11.5 Å². The first-order chi connectivity index (χ1) is 6.24. The molecule has 4 heteroatoms. The van der Waals surface area contributed by atoms with Gasteiger partial charge < -0.3 is 15.3 Å². The fraction of sp³-hybridized carbons (Fsp3) is 0.111. The van der Waals surface area contributed by atoms with Crippen LogP contribution < -0.4 is 0 Å². The Hall–Kier alpha value is -1.26. The van der Waals surface area contributed by atoms with Gasteiger partial charge in [0, 0.05) is 21.7 Å². The molecular formula is C9H8O3S. The third-order valence-corrected chi connectivity index (χ3v) is 2.84. The molecule has 3 N–H and O–H groups in total. The Labute approximate surface area is 78.5 Å². The highest BCUT2D eigenvalue weighted by atomic mass is 32.1. The van der Waals surface area contributed by atoms with Crippen LogP contribution in [0.2, 0.25) is 0 Å². The van der Waals surface area contributed by atoms with Crippen molar-refractivity contribution in [3.8, 4) is 11.5 Å². The summed E-state index contributed by atoms with van der Waals surface area (Å²) in [7, 11) is 0. The van der Waals surface area contributed by atoms with Gasteiger partial charge in [0.05, 0.1) is 6.61 Å². The summed E-state index contributed by atoms with van der Waals surface area (Å²) in [5, 5.41) is 30.3. The van der Waals surface area contributed by atoms with Crippen LogP contribution in [0.1, 0.15) is 5.56 Å². The average molecular weight is 196 g/mol. The molecule has 1 aromatic heterocycles. The number of aliphatic hydroxyl groups excluding tert-OH is 1. The van der Waals surface area contributed by atoms with Crippen molar-refractivity contribution in [1.29, 1.82) is 0 Å². The predicted molar refractivity (Wildman–Crippen MR) is 51.1 cm³/mol. The predicted octanol–water partition coefficient (Wildman–Crippen LogP) is 1.80. The lowest BCUT2D eigenvalue weighted by Gasteiger charge is -2.04. The Morgan fingerprint density at radius 3 is 2.77 bits per heavy atom. The molecule has 13 heavy (non-hydrogen) atoms. The summed E-state index contributed by atoms with van der Waals surface area (Å²) in [6, 6.07) is 3.30. The summed E-state index contributed by atoms with van der Waals surface area (Å²) >= 11 is 1.46. The maximum Gasteiger partial charge on any atom is 0.163 e.